The number of hydrogen-bond donors (Lipinski definition) is 0. The van der Waals surface area contributed by atoms with E-state index in [9.17, 15) is 0 Å². The molecular weight excluding hydrogens is 340 g/mol. The zero-order chi connectivity index (χ0) is 17.4. The van der Waals surface area contributed by atoms with Crippen LogP contribution in [0.25, 0.3) is 5.13 Å². The van der Waals surface area contributed by atoms with Gasteiger partial charge in [0.1, 0.15) is 0 Å². The van der Waals surface area contributed by atoms with Gasteiger partial charge in [0.25, 0.3) is 0 Å². The van der Waals surface area contributed by atoms with Gasteiger partial charge in [0.15, 0.2) is 5.13 Å². The molecule has 0 bridgehead atoms. The lowest BCUT2D eigenvalue weighted by Crippen LogP contribution is -2.47. The molecule has 1 spiro atoms. The SMILES string of the molecule is c1cc(CN2CCC3(CCCN(CC4CCC4)C3)C2)n(-c2nccs2)c1. The van der Waals surface area contributed by atoms with Crippen molar-refractivity contribution in [1.29, 1.82) is 0 Å². The van der Waals surface area contributed by atoms with Gasteiger partial charge in [-0.2, -0.15) is 0 Å². The fourth-order valence-electron chi connectivity index (χ4n) is 5.30. The number of thiazole rings is 1. The summed E-state index contributed by atoms with van der Waals surface area (Å²) in [4.78, 5) is 9.97. The maximum Gasteiger partial charge on any atom is 0.193 e. The highest BCUT2D eigenvalue weighted by Gasteiger charge is 2.41. The number of nitrogens with zero attached hydrogens (tertiary/aromatic N) is 4. The van der Waals surface area contributed by atoms with Gasteiger partial charge in [-0.3, -0.25) is 9.47 Å². The summed E-state index contributed by atoms with van der Waals surface area (Å²) >= 11 is 1.71. The third-order valence-corrected chi connectivity index (χ3v) is 7.61. The third kappa shape index (κ3) is 3.37. The lowest BCUT2D eigenvalue weighted by molar-refractivity contribution is 0.0667. The Labute approximate surface area is 160 Å². The average Bonchev–Trinajstić information content (AvgIpc) is 3.33. The Morgan fingerprint density at radius 2 is 2.04 bits per heavy atom. The molecule has 0 N–H and O–H groups in total. The molecule has 2 aromatic heterocycles. The largest absolute Gasteiger partial charge is 0.302 e. The first-order valence-corrected chi connectivity index (χ1v) is 11.2. The lowest BCUT2D eigenvalue weighted by atomic mass is 9.78. The summed E-state index contributed by atoms with van der Waals surface area (Å²) in [6.07, 6.45) is 12.7. The van der Waals surface area contributed by atoms with E-state index in [1.165, 1.54) is 76.9 Å². The molecule has 140 valence electrons. The topological polar surface area (TPSA) is 24.3 Å². The minimum Gasteiger partial charge on any atom is -0.302 e. The maximum atomic E-state index is 4.48. The highest BCUT2D eigenvalue weighted by atomic mass is 32.1. The second kappa shape index (κ2) is 7.10. The second-order valence-corrected chi connectivity index (χ2v) is 9.65. The van der Waals surface area contributed by atoms with Crippen LogP contribution in [0.3, 0.4) is 0 Å². The fraction of sp³-hybridized carbons (Fsp3) is 0.667. The van der Waals surface area contributed by atoms with Crippen molar-refractivity contribution in [3.8, 4) is 5.13 Å². The van der Waals surface area contributed by atoms with E-state index in [1.54, 1.807) is 11.3 Å². The summed E-state index contributed by atoms with van der Waals surface area (Å²) in [6, 6.07) is 4.42. The predicted octanol–water partition coefficient (Wildman–Crippen LogP) is 4.02. The molecule has 0 aromatic carbocycles. The fourth-order valence-corrected chi connectivity index (χ4v) is 5.95. The maximum absolute atomic E-state index is 4.48. The molecule has 1 unspecified atom stereocenters. The van der Waals surface area contributed by atoms with E-state index < -0.39 is 0 Å². The van der Waals surface area contributed by atoms with E-state index in [0.717, 1.165) is 17.6 Å². The predicted molar refractivity (Wildman–Crippen MR) is 107 cm³/mol. The van der Waals surface area contributed by atoms with Crippen molar-refractivity contribution in [3.05, 3.63) is 35.6 Å². The number of rotatable bonds is 5. The number of piperidine rings is 1. The molecule has 1 atom stereocenters. The highest BCUT2D eigenvalue weighted by molar-refractivity contribution is 7.12. The van der Waals surface area contributed by atoms with E-state index in [1.807, 2.05) is 6.20 Å². The van der Waals surface area contributed by atoms with Gasteiger partial charge < -0.3 is 4.90 Å². The summed E-state index contributed by atoms with van der Waals surface area (Å²) in [5.41, 5.74) is 1.93. The molecule has 1 aliphatic carbocycles. The molecule has 2 aromatic rings. The Balaban J connectivity index is 1.22. The first kappa shape index (κ1) is 17.0. The average molecular weight is 371 g/mol. The Morgan fingerprint density at radius 3 is 2.85 bits per heavy atom. The van der Waals surface area contributed by atoms with Crippen molar-refractivity contribution in [3.63, 3.8) is 0 Å². The van der Waals surface area contributed by atoms with E-state index in [4.69, 9.17) is 0 Å². The van der Waals surface area contributed by atoms with Gasteiger partial charge in [-0.15, -0.1) is 11.3 Å². The van der Waals surface area contributed by atoms with Gasteiger partial charge in [-0.05, 0) is 68.7 Å². The van der Waals surface area contributed by atoms with Crippen molar-refractivity contribution < 1.29 is 0 Å². The molecule has 5 heteroatoms. The monoisotopic (exact) mass is 370 g/mol. The van der Waals surface area contributed by atoms with Crippen molar-refractivity contribution >= 4 is 11.3 Å². The molecule has 0 amide bonds. The molecule has 0 radical (unpaired) electrons. The van der Waals surface area contributed by atoms with Crippen LogP contribution in [0.15, 0.2) is 29.9 Å². The summed E-state index contributed by atoms with van der Waals surface area (Å²) < 4.78 is 2.26. The van der Waals surface area contributed by atoms with Crippen LogP contribution in [0.2, 0.25) is 0 Å². The first-order chi connectivity index (χ1) is 12.8. The molecule has 1 saturated carbocycles. The van der Waals surface area contributed by atoms with Crippen molar-refractivity contribution in [2.75, 3.05) is 32.7 Å². The summed E-state index contributed by atoms with van der Waals surface area (Å²) in [7, 11) is 0. The molecule has 26 heavy (non-hydrogen) atoms. The number of hydrogen-bond acceptors (Lipinski definition) is 4. The summed E-state index contributed by atoms with van der Waals surface area (Å²) in [5.74, 6) is 1.00. The van der Waals surface area contributed by atoms with Crippen LogP contribution in [0.1, 0.15) is 44.2 Å². The van der Waals surface area contributed by atoms with Crippen LogP contribution in [0.4, 0.5) is 0 Å². The zero-order valence-electron chi connectivity index (χ0n) is 15.6. The van der Waals surface area contributed by atoms with Crippen molar-refractivity contribution in [2.45, 2.75) is 45.1 Å². The second-order valence-electron chi connectivity index (χ2n) is 8.78. The standard InChI is InChI=1S/C21H30N4S/c1-4-18(5-1)14-23-10-3-7-21(16-23)8-12-24(17-21)15-19-6-2-11-25(19)20-22-9-13-26-20/h2,6,9,11,13,18H,1,3-5,7-8,10,12,14-17H2. The number of likely N-dealkylation sites (tertiary alicyclic amines) is 2. The van der Waals surface area contributed by atoms with Gasteiger partial charge in [0.05, 0.1) is 0 Å². The van der Waals surface area contributed by atoms with Crippen LogP contribution in [0.5, 0.6) is 0 Å². The van der Waals surface area contributed by atoms with Crippen LogP contribution >= 0.6 is 11.3 Å². The first-order valence-electron chi connectivity index (χ1n) is 10.3. The zero-order valence-corrected chi connectivity index (χ0v) is 16.5. The van der Waals surface area contributed by atoms with E-state index in [0.29, 0.717) is 5.41 Å². The normalized spacial score (nSPS) is 28.0. The molecule has 3 aliphatic rings. The molecule has 2 saturated heterocycles. The Bertz CT molecular complexity index is 720. The van der Waals surface area contributed by atoms with Gasteiger partial charge >= 0.3 is 0 Å². The Morgan fingerprint density at radius 1 is 1.12 bits per heavy atom. The minimum absolute atomic E-state index is 0.556. The molecule has 3 fully saturated rings. The Hall–Kier alpha value is -1.17. The number of aromatic nitrogens is 2. The van der Waals surface area contributed by atoms with E-state index in [-0.39, 0.29) is 0 Å². The molecular formula is C21H30N4S. The van der Waals surface area contributed by atoms with Crippen LogP contribution in [-0.2, 0) is 6.54 Å². The van der Waals surface area contributed by atoms with Crippen LogP contribution in [0, 0.1) is 11.3 Å². The smallest absolute Gasteiger partial charge is 0.193 e. The minimum atomic E-state index is 0.556. The quantitative estimate of drug-likeness (QED) is 0.794. The lowest BCUT2D eigenvalue weighted by Gasteiger charge is -2.43. The van der Waals surface area contributed by atoms with Gasteiger partial charge in [-0.25, -0.2) is 4.98 Å². The van der Waals surface area contributed by atoms with E-state index >= 15 is 0 Å². The van der Waals surface area contributed by atoms with Crippen molar-refractivity contribution in [1.82, 2.24) is 19.4 Å². The van der Waals surface area contributed by atoms with Gasteiger partial charge in [0.2, 0.25) is 0 Å². The Kier molecular flexibility index (Phi) is 4.63. The molecule has 4 nitrogen and oxygen atoms in total. The van der Waals surface area contributed by atoms with Crippen LogP contribution in [-0.4, -0.2) is 52.1 Å². The summed E-state index contributed by atoms with van der Waals surface area (Å²) in [5, 5.41) is 3.14. The molecule has 4 heterocycles. The highest BCUT2D eigenvalue weighted by Crippen LogP contribution is 2.40. The molecule has 5 rings (SSSR count). The van der Waals surface area contributed by atoms with Gasteiger partial charge in [-0.1, -0.05) is 6.42 Å². The third-order valence-electron chi connectivity index (χ3n) is 6.84. The van der Waals surface area contributed by atoms with Crippen molar-refractivity contribution in [2.24, 2.45) is 11.3 Å². The van der Waals surface area contributed by atoms with E-state index in [2.05, 4.69) is 43.1 Å². The molecule has 2 aliphatic heterocycles. The van der Waals surface area contributed by atoms with Gasteiger partial charge in [0, 0.05) is 49.6 Å². The summed E-state index contributed by atoms with van der Waals surface area (Å²) in [6.45, 7) is 7.63. The van der Waals surface area contributed by atoms with Crippen LogP contribution < -0.4 is 0 Å².